The maximum absolute atomic E-state index is 13.6. The average molecular weight is 461 g/mol. The van der Waals surface area contributed by atoms with E-state index < -0.39 is 6.04 Å². The van der Waals surface area contributed by atoms with Crippen LogP contribution in [0, 0.1) is 12.7 Å². The van der Waals surface area contributed by atoms with Crippen molar-refractivity contribution in [2.45, 2.75) is 52.1 Å². The van der Waals surface area contributed by atoms with Crippen LogP contribution < -0.4 is 5.32 Å². The van der Waals surface area contributed by atoms with Gasteiger partial charge in [0.2, 0.25) is 11.8 Å². The van der Waals surface area contributed by atoms with Gasteiger partial charge in [0.25, 0.3) is 0 Å². The third-order valence-electron chi connectivity index (χ3n) is 5.80. The standard InChI is InChI=1S/C29H33FN2O2/c1-3-4-17-31-29(34)27(19-23-10-6-5-7-11-23)32(21-25-12-8-9-22(2)18-25)28(33)20-24-13-15-26(30)16-14-24/h5-16,18,27H,3-4,17,19-21H2,1-2H3,(H,31,34)/t27-/m0/s1. The Kier molecular flexibility index (Phi) is 9.39. The summed E-state index contributed by atoms with van der Waals surface area (Å²) >= 11 is 0. The van der Waals surface area contributed by atoms with Gasteiger partial charge in [0.1, 0.15) is 11.9 Å². The minimum absolute atomic E-state index is 0.0969. The van der Waals surface area contributed by atoms with Crippen LogP contribution in [-0.4, -0.2) is 29.3 Å². The van der Waals surface area contributed by atoms with Crippen LogP contribution in [0.4, 0.5) is 4.39 Å². The van der Waals surface area contributed by atoms with Gasteiger partial charge in [-0.3, -0.25) is 9.59 Å². The zero-order valence-corrected chi connectivity index (χ0v) is 20.0. The first-order valence-electron chi connectivity index (χ1n) is 11.9. The van der Waals surface area contributed by atoms with Crippen molar-refractivity contribution in [3.8, 4) is 0 Å². The monoisotopic (exact) mass is 460 g/mol. The maximum Gasteiger partial charge on any atom is 0.243 e. The summed E-state index contributed by atoms with van der Waals surface area (Å²) < 4.78 is 13.4. The summed E-state index contributed by atoms with van der Waals surface area (Å²) in [6.45, 7) is 4.97. The highest BCUT2D eigenvalue weighted by Gasteiger charge is 2.30. The molecule has 0 fully saturated rings. The Labute approximate surface area is 201 Å². The number of halogens is 1. The summed E-state index contributed by atoms with van der Waals surface area (Å²) in [5.41, 5.74) is 3.76. The number of nitrogens with zero attached hydrogens (tertiary/aromatic N) is 1. The molecule has 0 radical (unpaired) electrons. The molecule has 0 aromatic heterocycles. The number of carbonyl (C=O) groups excluding carboxylic acids is 2. The molecule has 1 atom stereocenters. The highest BCUT2D eigenvalue weighted by atomic mass is 19.1. The number of benzene rings is 3. The number of rotatable bonds is 11. The highest BCUT2D eigenvalue weighted by Crippen LogP contribution is 2.17. The van der Waals surface area contributed by atoms with Crippen molar-refractivity contribution >= 4 is 11.8 Å². The minimum Gasteiger partial charge on any atom is -0.354 e. The van der Waals surface area contributed by atoms with Crippen molar-refractivity contribution in [2.75, 3.05) is 6.54 Å². The van der Waals surface area contributed by atoms with Crippen LogP contribution in [0.1, 0.15) is 42.0 Å². The number of aryl methyl sites for hydroxylation is 1. The topological polar surface area (TPSA) is 49.4 Å². The molecule has 0 unspecified atom stereocenters. The predicted molar refractivity (Wildman–Crippen MR) is 134 cm³/mol. The molecule has 3 rings (SSSR count). The Morgan fingerprint density at radius 2 is 1.62 bits per heavy atom. The summed E-state index contributed by atoms with van der Waals surface area (Å²) in [4.78, 5) is 28.6. The molecule has 1 N–H and O–H groups in total. The number of carbonyl (C=O) groups is 2. The van der Waals surface area contributed by atoms with Crippen LogP contribution in [0.2, 0.25) is 0 Å². The first-order chi connectivity index (χ1) is 16.5. The van der Waals surface area contributed by atoms with Crippen molar-refractivity contribution in [2.24, 2.45) is 0 Å². The van der Waals surface area contributed by atoms with E-state index in [1.54, 1.807) is 17.0 Å². The van der Waals surface area contributed by atoms with Crippen LogP contribution in [0.3, 0.4) is 0 Å². The molecule has 0 aliphatic rings. The van der Waals surface area contributed by atoms with E-state index in [-0.39, 0.29) is 24.1 Å². The van der Waals surface area contributed by atoms with Gasteiger partial charge in [-0.1, -0.05) is 85.6 Å². The van der Waals surface area contributed by atoms with Gasteiger partial charge < -0.3 is 10.2 Å². The molecule has 178 valence electrons. The van der Waals surface area contributed by atoms with Crippen LogP contribution in [0.5, 0.6) is 0 Å². The number of amides is 2. The van der Waals surface area contributed by atoms with E-state index in [4.69, 9.17) is 0 Å². The summed E-state index contributed by atoms with van der Waals surface area (Å²) in [5.74, 6) is -0.665. The van der Waals surface area contributed by atoms with Crippen molar-refractivity contribution in [3.63, 3.8) is 0 Å². The van der Waals surface area contributed by atoms with Gasteiger partial charge in [0, 0.05) is 19.5 Å². The summed E-state index contributed by atoms with van der Waals surface area (Å²) in [5, 5.41) is 3.03. The lowest BCUT2D eigenvalue weighted by atomic mass is 10.0. The van der Waals surface area contributed by atoms with Crippen molar-refractivity contribution in [1.82, 2.24) is 10.2 Å². The molecule has 2 amide bonds. The van der Waals surface area contributed by atoms with Gasteiger partial charge in [-0.15, -0.1) is 0 Å². The molecule has 3 aromatic rings. The molecule has 0 heterocycles. The van der Waals surface area contributed by atoms with Gasteiger partial charge >= 0.3 is 0 Å². The first-order valence-corrected chi connectivity index (χ1v) is 11.9. The Morgan fingerprint density at radius 1 is 0.912 bits per heavy atom. The summed E-state index contributed by atoms with van der Waals surface area (Å²) in [7, 11) is 0. The molecule has 0 saturated carbocycles. The third-order valence-corrected chi connectivity index (χ3v) is 5.80. The second-order valence-corrected chi connectivity index (χ2v) is 8.66. The molecule has 34 heavy (non-hydrogen) atoms. The molecular formula is C29H33FN2O2. The molecule has 0 aliphatic carbocycles. The molecule has 0 bridgehead atoms. The van der Waals surface area contributed by atoms with Crippen LogP contribution >= 0.6 is 0 Å². The fourth-order valence-corrected chi connectivity index (χ4v) is 3.95. The fourth-order valence-electron chi connectivity index (χ4n) is 3.95. The number of hydrogen-bond donors (Lipinski definition) is 1. The van der Waals surface area contributed by atoms with E-state index in [1.165, 1.54) is 12.1 Å². The van der Waals surface area contributed by atoms with E-state index in [2.05, 4.69) is 12.2 Å². The van der Waals surface area contributed by atoms with Gasteiger partial charge in [-0.2, -0.15) is 0 Å². The molecule has 0 aliphatic heterocycles. The quantitative estimate of drug-likeness (QED) is 0.398. The average Bonchev–Trinajstić information content (AvgIpc) is 2.83. The maximum atomic E-state index is 13.6. The normalized spacial score (nSPS) is 11.6. The zero-order valence-electron chi connectivity index (χ0n) is 20.0. The molecule has 0 saturated heterocycles. The minimum atomic E-state index is -0.660. The van der Waals surface area contributed by atoms with Crippen molar-refractivity contribution in [1.29, 1.82) is 0 Å². The van der Waals surface area contributed by atoms with E-state index in [9.17, 15) is 14.0 Å². The Bertz CT molecular complexity index is 1070. The Hall–Kier alpha value is -3.47. The van der Waals surface area contributed by atoms with E-state index in [1.807, 2.05) is 61.5 Å². The molecule has 4 nitrogen and oxygen atoms in total. The van der Waals surface area contributed by atoms with E-state index in [0.29, 0.717) is 25.1 Å². The number of unbranched alkanes of at least 4 members (excludes halogenated alkanes) is 1. The fraction of sp³-hybridized carbons (Fsp3) is 0.310. The second-order valence-electron chi connectivity index (χ2n) is 8.66. The lowest BCUT2D eigenvalue weighted by molar-refractivity contribution is -0.140. The lowest BCUT2D eigenvalue weighted by Crippen LogP contribution is -2.51. The van der Waals surface area contributed by atoms with E-state index in [0.717, 1.165) is 29.5 Å². The predicted octanol–water partition coefficient (Wildman–Crippen LogP) is 5.23. The van der Waals surface area contributed by atoms with Crippen LogP contribution in [0.15, 0.2) is 78.9 Å². The van der Waals surface area contributed by atoms with Crippen LogP contribution in [-0.2, 0) is 29.0 Å². The molecular weight excluding hydrogens is 427 g/mol. The van der Waals surface area contributed by atoms with Crippen LogP contribution in [0.25, 0.3) is 0 Å². The lowest BCUT2D eigenvalue weighted by Gasteiger charge is -2.32. The summed E-state index contributed by atoms with van der Waals surface area (Å²) in [6, 6.07) is 23.0. The van der Waals surface area contributed by atoms with E-state index >= 15 is 0 Å². The first kappa shape index (κ1) is 25.2. The third kappa shape index (κ3) is 7.55. The Morgan fingerprint density at radius 3 is 2.29 bits per heavy atom. The zero-order chi connectivity index (χ0) is 24.3. The Balaban J connectivity index is 1.93. The second kappa shape index (κ2) is 12.7. The largest absolute Gasteiger partial charge is 0.354 e. The van der Waals surface area contributed by atoms with Gasteiger partial charge in [-0.25, -0.2) is 4.39 Å². The number of hydrogen-bond acceptors (Lipinski definition) is 2. The SMILES string of the molecule is CCCCNC(=O)[C@H](Cc1ccccc1)N(Cc1cccc(C)c1)C(=O)Cc1ccc(F)cc1. The smallest absolute Gasteiger partial charge is 0.243 e. The van der Waals surface area contributed by atoms with Crippen molar-refractivity contribution in [3.05, 3.63) is 107 Å². The van der Waals surface area contributed by atoms with Gasteiger partial charge in [0.05, 0.1) is 6.42 Å². The van der Waals surface area contributed by atoms with Crippen molar-refractivity contribution < 1.29 is 14.0 Å². The van der Waals surface area contributed by atoms with Gasteiger partial charge in [0.15, 0.2) is 0 Å². The van der Waals surface area contributed by atoms with Gasteiger partial charge in [-0.05, 0) is 42.2 Å². The number of nitrogens with one attached hydrogen (secondary N) is 1. The molecule has 3 aromatic carbocycles. The molecule has 0 spiro atoms. The molecule has 5 heteroatoms. The highest BCUT2D eigenvalue weighted by molar-refractivity contribution is 5.88. The summed E-state index contributed by atoms with van der Waals surface area (Å²) in [6.07, 6.45) is 2.37.